The maximum absolute atomic E-state index is 3.42. The van der Waals surface area contributed by atoms with Gasteiger partial charge in [0.15, 0.2) is 0 Å². The largest absolute Gasteiger partial charge is 0.316 e. The van der Waals surface area contributed by atoms with Crippen molar-refractivity contribution in [3.63, 3.8) is 0 Å². The van der Waals surface area contributed by atoms with E-state index in [0.717, 1.165) is 11.8 Å². The third-order valence-electron chi connectivity index (χ3n) is 2.89. The van der Waals surface area contributed by atoms with Crippen LogP contribution in [0.15, 0.2) is 23.8 Å². The fraction of sp³-hybridized carbons (Fsp3) is 0.636. The van der Waals surface area contributed by atoms with E-state index in [-0.39, 0.29) is 0 Å². The molecule has 1 fully saturated rings. The Balaban J connectivity index is 2.02. The third-order valence-corrected chi connectivity index (χ3v) is 2.89. The second-order valence-electron chi connectivity index (χ2n) is 4.00. The zero-order valence-electron chi connectivity index (χ0n) is 7.72. The molecule has 1 nitrogen and oxygen atoms in total. The molecule has 0 bridgehead atoms. The molecule has 2 rings (SSSR count). The van der Waals surface area contributed by atoms with Gasteiger partial charge in [0.05, 0.1) is 0 Å². The quantitative estimate of drug-likeness (QED) is 0.624. The minimum Gasteiger partial charge on any atom is -0.316 e. The molecule has 0 aromatic heterocycles. The summed E-state index contributed by atoms with van der Waals surface area (Å²) in [6.45, 7) is 4.71. The van der Waals surface area contributed by atoms with Crippen LogP contribution in [0, 0.1) is 11.8 Å². The number of hydrogen-bond acceptors (Lipinski definition) is 1. The second-order valence-corrected chi connectivity index (χ2v) is 4.00. The van der Waals surface area contributed by atoms with Crippen molar-refractivity contribution in [1.29, 1.82) is 0 Å². The number of rotatable bonds is 1. The zero-order valence-corrected chi connectivity index (χ0v) is 7.72. The second kappa shape index (κ2) is 3.44. The summed E-state index contributed by atoms with van der Waals surface area (Å²) in [7, 11) is 0. The molecule has 0 spiro atoms. The van der Waals surface area contributed by atoms with E-state index in [9.17, 15) is 0 Å². The van der Waals surface area contributed by atoms with Crippen molar-refractivity contribution in [1.82, 2.24) is 5.32 Å². The summed E-state index contributed by atoms with van der Waals surface area (Å²) in [5.74, 6) is 1.59. The van der Waals surface area contributed by atoms with Gasteiger partial charge in [-0.3, -0.25) is 0 Å². The molecule has 66 valence electrons. The standard InChI is InChI=1S/C11H17N/c1-9-3-2-4-10(7-9)11-5-6-12-8-11/h2-4,9,11-12H,5-8H2,1H3/t9?,11-/m1/s1. The van der Waals surface area contributed by atoms with Gasteiger partial charge >= 0.3 is 0 Å². The van der Waals surface area contributed by atoms with Crippen molar-refractivity contribution in [2.24, 2.45) is 11.8 Å². The van der Waals surface area contributed by atoms with Gasteiger partial charge in [0.1, 0.15) is 0 Å². The summed E-state index contributed by atoms with van der Waals surface area (Å²) >= 11 is 0. The lowest BCUT2D eigenvalue weighted by atomic mass is 9.87. The van der Waals surface area contributed by atoms with Crippen LogP contribution in [0.3, 0.4) is 0 Å². The van der Waals surface area contributed by atoms with Crippen LogP contribution >= 0.6 is 0 Å². The van der Waals surface area contributed by atoms with Crippen molar-refractivity contribution < 1.29 is 0 Å². The van der Waals surface area contributed by atoms with E-state index in [2.05, 4.69) is 30.5 Å². The molecule has 0 radical (unpaired) electrons. The minimum absolute atomic E-state index is 0.755. The smallest absolute Gasteiger partial charge is 0.00174 e. The normalized spacial score (nSPS) is 35.2. The van der Waals surface area contributed by atoms with Crippen LogP contribution < -0.4 is 5.32 Å². The van der Waals surface area contributed by atoms with Crippen LogP contribution in [0.2, 0.25) is 0 Å². The Labute approximate surface area is 74.5 Å². The first-order valence-electron chi connectivity index (χ1n) is 4.94. The third kappa shape index (κ3) is 1.61. The highest BCUT2D eigenvalue weighted by atomic mass is 14.9. The van der Waals surface area contributed by atoms with Crippen LogP contribution in [-0.4, -0.2) is 13.1 Å². The van der Waals surface area contributed by atoms with Gasteiger partial charge in [-0.2, -0.15) is 0 Å². The molecule has 0 saturated carbocycles. The average molecular weight is 163 g/mol. The van der Waals surface area contributed by atoms with E-state index in [1.165, 1.54) is 25.9 Å². The van der Waals surface area contributed by atoms with Crippen LogP contribution in [0.1, 0.15) is 19.8 Å². The Hall–Kier alpha value is -0.560. The topological polar surface area (TPSA) is 12.0 Å². The van der Waals surface area contributed by atoms with Gasteiger partial charge in [-0.1, -0.05) is 30.7 Å². The molecular formula is C11H17N. The van der Waals surface area contributed by atoms with E-state index in [0.29, 0.717) is 0 Å². The van der Waals surface area contributed by atoms with Gasteiger partial charge in [-0.05, 0) is 31.2 Å². The summed E-state index contributed by atoms with van der Waals surface area (Å²) in [6.07, 6.45) is 9.46. The molecule has 2 aliphatic rings. The van der Waals surface area contributed by atoms with Gasteiger partial charge in [-0.25, -0.2) is 0 Å². The van der Waals surface area contributed by atoms with E-state index >= 15 is 0 Å². The first-order valence-corrected chi connectivity index (χ1v) is 4.94. The summed E-state index contributed by atoms with van der Waals surface area (Å²) < 4.78 is 0. The molecule has 12 heavy (non-hydrogen) atoms. The molecule has 1 N–H and O–H groups in total. The monoisotopic (exact) mass is 163 g/mol. The Kier molecular flexibility index (Phi) is 2.31. The number of hydrogen-bond donors (Lipinski definition) is 1. The van der Waals surface area contributed by atoms with E-state index in [1.807, 2.05) is 0 Å². The maximum Gasteiger partial charge on any atom is 0.00174 e. The molecule has 1 unspecified atom stereocenters. The SMILES string of the molecule is CC1C=CC=C([C@@H]2CCNC2)C1. The Morgan fingerprint density at radius 2 is 2.42 bits per heavy atom. The first kappa shape index (κ1) is 8.06. The first-order chi connectivity index (χ1) is 5.86. The van der Waals surface area contributed by atoms with Crippen molar-refractivity contribution in [2.45, 2.75) is 19.8 Å². The van der Waals surface area contributed by atoms with Crippen molar-refractivity contribution in [2.75, 3.05) is 13.1 Å². The Bertz CT molecular complexity index is 209. The summed E-state index contributed by atoms with van der Waals surface area (Å²) in [5.41, 5.74) is 1.66. The highest BCUT2D eigenvalue weighted by Gasteiger charge is 2.20. The molecule has 0 aromatic rings. The average Bonchev–Trinajstić information content (AvgIpc) is 2.56. The van der Waals surface area contributed by atoms with Gasteiger partial charge < -0.3 is 5.32 Å². The van der Waals surface area contributed by atoms with Crippen molar-refractivity contribution in [3.05, 3.63) is 23.8 Å². The molecule has 1 heteroatoms. The summed E-state index contributed by atoms with van der Waals surface area (Å²) in [6, 6.07) is 0. The van der Waals surface area contributed by atoms with E-state index < -0.39 is 0 Å². The Morgan fingerprint density at radius 3 is 3.08 bits per heavy atom. The lowest BCUT2D eigenvalue weighted by Gasteiger charge is -2.19. The van der Waals surface area contributed by atoms with Gasteiger partial charge in [-0.15, -0.1) is 0 Å². The fourth-order valence-electron chi connectivity index (χ4n) is 2.15. The summed E-state index contributed by atoms with van der Waals surface area (Å²) in [4.78, 5) is 0. The van der Waals surface area contributed by atoms with Crippen LogP contribution in [0.4, 0.5) is 0 Å². The van der Waals surface area contributed by atoms with Crippen molar-refractivity contribution in [3.8, 4) is 0 Å². The van der Waals surface area contributed by atoms with E-state index in [4.69, 9.17) is 0 Å². The highest BCUT2D eigenvalue weighted by molar-refractivity contribution is 5.22. The predicted molar refractivity (Wildman–Crippen MR) is 52.0 cm³/mol. The molecular weight excluding hydrogens is 146 g/mol. The number of allylic oxidation sites excluding steroid dienone is 3. The lowest BCUT2D eigenvalue weighted by Crippen LogP contribution is -2.13. The molecule has 1 saturated heterocycles. The van der Waals surface area contributed by atoms with Crippen LogP contribution in [-0.2, 0) is 0 Å². The summed E-state index contributed by atoms with van der Waals surface area (Å²) in [5, 5.41) is 3.42. The van der Waals surface area contributed by atoms with Gasteiger partial charge in [0.2, 0.25) is 0 Å². The van der Waals surface area contributed by atoms with Gasteiger partial charge in [0.25, 0.3) is 0 Å². The predicted octanol–water partition coefficient (Wildman–Crippen LogP) is 2.12. The van der Waals surface area contributed by atoms with Crippen LogP contribution in [0.25, 0.3) is 0 Å². The molecule has 1 aliphatic carbocycles. The molecule has 2 atom stereocenters. The molecule has 0 aromatic carbocycles. The van der Waals surface area contributed by atoms with Crippen LogP contribution in [0.5, 0.6) is 0 Å². The minimum atomic E-state index is 0.755. The number of nitrogens with one attached hydrogen (secondary N) is 1. The van der Waals surface area contributed by atoms with Crippen molar-refractivity contribution >= 4 is 0 Å². The highest BCUT2D eigenvalue weighted by Crippen LogP contribution is 2.27. The molecule has 1 aliphatic heterocycles. The van der Waals surface area contributed by atoms with Gasteiger partial charge in [0, 0.05) is 6.54 Å². The maximum atomic E-state index is 3.42. The molecule has 1 heterocycles. The Morgan fingerprint density at radius 1 is 1.50 bits per heavy atom. The zero-order chi connectivity index (χ0) is 8.39. The van der Waals surface area contributed by atoms with E-state index in [1.54, 1.807) is 5.57 Å². The molecule has 0 amide bonds. The lowest BCUT2D eigenvalue weighted by molar-refractivity contribution is 0.588. The fourth-order valence-corrected chi connectivity index (χ4v) is 2.15.